The van der Waals surface area contributed by atoms with Crippen molar-refractivity contribution < 1.29 is 0 Å². The maximum atomic E-state index is 3.57. The molecule has 1 unspecified atom stereocenters. The van der Waals surface area contributed by atoms with Crippen molar-refractivity contribution in [2.24, 2.45) is 5.41 Å². The number of hydrogen-bond acceptors (Lipinski definition) is 2. The Balaban J connectivity index is 2.57. The van der Waals surface area contributed by atoms with Crippen molar-refractivity contribution in [2.75, 3.05) is 26.2 Å². The SMILES string of the molecule is CCNCC(CC)(CC)CN1CCCCC1C. The van der Waals surface area contributed by atoms with Crippen molar-refractivity contribution in [2.45, 2.75) is 65.8 Å². The van der Waals surface area contributed by atoms with E-state index in [0.717, 1.165) is 12.6 Å². The van der Waals surface area contributed by atoms with Crippen molar-refractivity contribution in [1.29, 1.82) is 0 Å². The van der Waals surface area contributed by atoms with Crippen molar-refractivity contribution >= 4 is 0 Å². The van der Waals surface area contributed by atoms with E-state index in [4.69, 9.17) is 0 Å². The Hall–Kier alpha value is -0.0800. The second kappa shape index (κ2) is 7.38. The molecule has 0 spiro atoms. The molecule has 0 saturated carbocycles. The number of rotatable bonds is 7. The fraction of sp³-hybridized carbons (Fsp3) is 1.00. The van der Waals surface area contributed by atoms with Crippen molar-refractivity contribution in [3.63, 3.8) is 0 Å². The highest BCUT2D eigenvalue weighted by Gasteiger charge is 2.30. The van der Waals surface area contributed by atoms with Crippen LogP contribution in [-0.2, 0) is 0 Å². The van der Waals surface area contributed by atoms with Gasteiger partial charge in [-0.05, 0) is 51.1 Å². The minimum Gasteiger partial charge on any atom is -0.316 e. The first-order valence-electron chi connectivity index (χ1n) is 7.62. The summed E-state index contributed by atoms with van der Waals surface area (Å²) in [5.41, 5.74) is 0.488. The predicted octanol–water partition coefficient (Wildman–Crippen LogP) is 3.28. The van der Waals surface area contributed by atoms with Crippen LogP contribution in [0.2, 0.25) is 0 Å². The first kappa shape index (κ1) is 15.0. The fourth-order valence-electron chi connectivity index (χ4n) is 2.99. The Labute approximate surface area is 108 Å². The monoisotopic (exact) mass is 240 g/mol. The minimum absolute atomic E-state index is 0.488. The Morgan fingerprint density at radius 3 is 2.41 bits per heavy atom. The molecular weight excluding hydrogens is 208 g/mol. The maximum absolute atomic E-state index is 3.57. The topological polar surface area (TPSA) is 15.3 Å². The highest BCUT2D eigenvalue weighted by atomic mass is 15.2. The van der Waals surface area contributed by atoms with Crippen LogP contribution in [0.4, 0.5) is 0 Å². The van der Waals surface area contributed by atoms with Gasteiger partial charge in [0.25, 0.3) is 0 Å². The highest BCUT2D eigenvalue weighted by molar-refractivity contribution is 4.86. The zero-order chi connectivity index (χ0) is 12.7. The average molecular weight is 240 g/mol. The van der Waals surface area contributed by atoms with Gasteiger partial charge in [0.15, 0.2) is 0 Å². The van der Waals surface area contributed by atoms with E-state index in [1.807, 2.05) is 0 Å². The molecule has 0 aromatic rings. The molecule has 102 valence electrons. The van der Waals surface area contributed by atoms with E-state index in [-0.39, 0.29) is 0 Å². The third-order valence-electron chi connectivity index (χ3n) is 4.73. The number of likely N-dealkylation sites (tertiary alicyclic amines) is 1. The Bertz CT molecular complexity index is 199. The zero-order valence-electron chi connectivity index (χ0n) is 12.4. The van der Waals surface area contributed by atoms with Crippen LogP contribution in [0, 0.1) is 5.41 Å². The molecule has 1 heterocycles. The molecule has 0 amide bonds. The van der Waals surface area contributed by atoms with Crippen molar-refractivity contribution in [3.05, 3.63) is 0 Å². The quantitative estimate of drug-likeness (QED) is 0.735. The second-order valence-corrected chi connectivity index (χ2v) is 5.80. The van der Waals surface area contributed by atoms with Gasteiger partial charge in [0.1, 0.15) is 0 Å². The molecule has 1 aliphatic heterocycles. The van der Waals surface area contributed by atoms with Crippen LogP contribution in [0.3, 0.4) is 0 Å². The summed E-state index contributed by atoms with van der Waals surface area (Å²) in [5.74, 6) is 0. The van der Waals surface area contributed by atoms with Crippen LogP contribution in [-0.4, -0.2) is 37.1 Å². The lowest BCUT2D eigenvalue weighted by Crippen LogP contribution is -2.48. The summed E-state index contributed by atoms with van der Waals surface area (Å²) in [6.45, 7) is 14.2. The van der Waals surface area contributed by atoms with Crippen molar-refractivity contribution in [3.8, 4) is 0 Å². The molecule has 0 aromatic carbocycles. The van der Waals surface area contributed by atoms with E-state index >= 15 is 0 Å². The number of hydrogen-bond donors (Lipinski definition) is 1. The molecule has 1 fully saturated rings. The summed E-state index contributed by atoms with van der Waals surface area (Å²) in [5, 5.41) is 3.57. The standard InChI is InChI=1S/C15H32N2/c1-5-15(6-2,12-16-7-3)13-17-11-9-8-10-14(17)4/h14,16H,5-13H2,1-4H3. The molecule has 0 aliphatic carbocycles. The third-order valence-corrected chi connectivity index (χ3v) is 4.73. The largest absolute Gasteiger partial charge is 0.316 e. The van der Waals surface area contributed by atoms with Gasteiger partial charge in [-0.2, -0.15) is 0 Å². The zero-order valence-corrected chi connectivity index (χ0v) is 12.4. The minimum atomic E-state index is 0.488. The Morgan fingerprint density at radius 1 is 1.18 bits per heavy atom. The van der Waals surface area contributed by atoms with Gasteiger partial charge in [-0.3, -0.25) is 0 Å². The average Bonchev–Trinajstić information content (AvgIpc) is 2.37. The molecule has 17 heavy (non-hydrogen) atoms. The van der Waals surface area contributed by atoms with E-state index in [0.29, 0.717) is 5.41 Å². The van der Waals surface area contributed by atoms with Gasteiger partial charge in [0.2, 0.25) is 0 Å². The van der Waals surface area contributed by atoms with Crippen LogP contribution >= 0.6 is 0 Å². The molecule has 0 radical (unpaired) electrons. The lowest BCUT2D eigenvalue weighted by atomic mass is 9.80. The van der Waals surface area contributed by atoms with E-state index < -0.39 is 0 Å². The van der Waals surface area contributed by atoms with Gasteiger partial charge in [0.05, 0.1) is 0 Å². The second-order valence-electron chi connectivity index (χ2n) is 5.80. The summed E-state index contributed by atoms with van der Waals surface area (Å²) in [6.07, 6.45) is 6.80. The van der Waals surface area contributed by atoms with Gasteiger partial charge in [-0.25, -0.2) is 0 Å². The Kier molecular flexibility index (Phi) is 6.50. The van der Waals surface area contributed by atoms with E-state index in [1.165, 1.54) is 51.7 Å². The molecule has 2 nitrogen and oxygen atoms in total. The maximum Gasteiger partial charge on any atom is 0.00671 e. The molecule has 1 N–H and O–H groups in total. The highest BCUT2D eigenvalue weighted by Crippen LogP contribution is 2.29. The summed E-state index contributed by atoms with van der Waals surface area (Å²) in [4.78, 5) is 2.73. The van der Waals surface area contributed by atoms with Crippen LogP contribution in [0.15, 0.2) is 0 Å². The first-order chi connectivity index (χ1) is 8.17. The Morgan fingerprint density at radius 2 is 1.88 bits per heavy atom. The summed E-state index contributed by atoms with van der Waals surface area (Å²) in [6, 6.07) is 0.794. The van der Waals surface area contributed by atoms with Gasteiger partial charge >= 0.3 is 0 Å². The summed E-state index contributed by atoms with van der Waals surface area (Å²) >= 11 is 0. The molecule has 2 heteroatoms. The number of nitrogens with zero attached hydrogens (tertiary/aromatic N) is 1. The third kappa shape index (κ3) is 4.26. The molecule has 0 bridgehead atoms. The van der Waals surface area contributed by atoms with Crippen molar-refractivity contribution in [1.82, 2.24) is 10.2 Å². The van der Waals surface area contributed by atoms with Gasteiger partial charge in [0, 0.05) is 19.1 Å². The first-order valence-corrected chi connectivity index (χ1v) is 7.62. The molecular formula is C15H32N2. The number of nitrogens with one attached hydrogen (secondary N) is 1. The summed E-state index contributed by atoms with van der Waals surface area (Å²) < 4.78 is 0. The van der Waals surface area contributed by atoms with E-state index in [2.05, 4.69) is 37.9 Å². The van der Waals surface area contributed by atoms with Gasteiger partial charge in [-0.15, -0.1) is 0 Å². The smallest absolute Gasteiger partial charge is 0.00671 e. The normalized spacial score (nSPS) is 22.9. The lowest BCUT2D eigenvalue weighted by molar-refractivity contribution is 0.0807. The van der Waals surface area contributed by atoms with Crippen LogP contribution < -0.4 is 5.32 Å². The number of piperidine rings is 1. The van der Waals surface area contributed by atoms with Crippen LogP contribution in [0.25, 0.3) is 0 Å². The fourth-order valence-corrected chi connectivity index (χ4v) is 2.99. The molecule has 1 atom stereocenters. The summed E-state index contributed by atoms with van der Waals surface area (Å²) in [7, 11) is 0. The molecule has 0 aromatic heterocycles. The molecule has 1 aliphatic rings. The predicted molar refractivity (Wildman–Crippen MR) is 76.4 cm³/mol. The van der Waals surface area contributed by atoms with E-state index in [9.17, 15) is 0 Å². The van der Waals surface area contributed by atoms with E-state index in [1.54, 1.807) is 0 Å². The van der Waals surface area contributed by atoms with Crippen LogP contribution in [0.5, 0.6) is 0 Å². The molecule has 1 saturated heterocycles. The lowest BCUT2D eigenvalue weighted by Gasteiger charge is -2.42. The molecule has 1 rings (SSSR count). The van der Waals surface area contributed by atoms with Gasteiger partial charge < -0.3 is 10.2 Å². The van der Waals surface area contributed by atoms with Crippen LogP contribution in [0.1, 0.15) is 59.8 Å². The van der Waals surface area contributed by atoms with Gasteiger partial charge in [-0.1, -0.05) is 27.2 Å².